The molecule has 1 aromatic rings. The maximum Gasteiger partial charge on any atom is 0.311 e. The molecule has 0 spiro atoms. The third kappa shape index (κ3) is 5.53. The Hall–Kier alpha value is -1.43. The molecule has 1 unspecified atom stereocenters. The molecular weight excluding hydrogens is 330 g/mol. The van der Waals surface area contributed by atoms with E-state index in [4.69, 9.17) is 14.2 Å². The molecular formula is C21H33NO4. The number of carbonyl (C=O) groups is 1. The van der Waals surface area contributed by atoms with Crippen molar-refractivity contribution in [1.82, 2.24) is 5.32 Å². The molecule has 2 rings (SSSR count). The van der Waals surface area contributed by atoms with E-state index in [-0.39, 0.29) is 29.4 Å². The van der Waals surface area contributed by atoms with E-state index < -0.39 is 5.60 Å². The summed E-state index contributed by atoms with van der Waals surface area (Å²) < 4.78 is 17.1. The number of esters is 1. The van der Waals surface area contributed by atoms with Crippen molar-refractivity contribution in [2.75, 3.05) is 20.3 Å². The summed E-state index contributed by atoms with van der Waals surface area (Å²) in [5.74, 6) is -0.483. The molecule has 0 radical (unpaired) electrons. The number of hydrogen-bond acceptors (Lipinski definition) is 5. The minimum Gasteiger partial charge on any atom is -0.460 e. The number of ether oxygens (including phenoxy) is 3. The third-order valence-corrected chi connectivity index (χ3v) is 4.71. The zero-order valence-corrected chi connectivity index (χ0v) is 16.9. The molecule has 0 saturated carbocycles. The van der Waals surface area contributed by atoms with Crippen LogP contribution in [0.25, 0.3) is 0 Å². The molecule has 1 aliphatic rings. The normalized spacial score (nSPS) is 25.2. The first-order valence-electron chi connectivity index (χ1n) is 9.25. The molecule has 5 heteroatoms. The number of methoxy groups -OCH3 is 1. The average molecular weight is 363 g/mol. The summed E-state index contributed by atoms with van der Waals surface area (Å²) in [6.07, 6.45) is 0. The minimum atomic E-state index is -0.512. The molecule has 1 aromatic carbocycles. The van der Waals surface area contributed by atoms with Gasteiger partial charge < -0.3 is 19.5 Å². The first-order chi connectivity index (χ1) is 12.1. The van der Waals surface area contributed by atoms with Gasteiger partial charge in [-0.15, -0.1) is 0 Å². The zero-order valence-electron chi connectivity index (χ0n) is 16.9. The lowest BCUT2D eigenvalue weighted by molar-refractivity contribution is -0.164. The highest BCUT2D eigenvalue weighted by atomic mass is 16.6. The predicted octanol–water partition coefficient (Wildman–Crippen LogP) is 3.17. The molecule has 0 bridgehead atoms. The lowest BCUT2D eigenvalue weighted by Gasteiger charge is -2.31. The van der Waals surface area contributed by atoms with Crippen LogP contribution in [0.5, 0.6) is 0 Å². The highest BCUT2D eigenvalue weighted by molar-refractivity contribution is 5.75. The molecule has 0 aliphatic carbocycles. The Morgan fingerprint density at radius 2 is 1.81 bits per heavy atom. The SMILES string of the molecule is COC[C@H]1NC(C)(C)C(C(=O)OC(C)(C)C)[C@H]1COCc1ccccc1. The van der Waals surface area contributed by atoms with Gasteiger partial charge in [-0.3, -0.25) is 4.79 Å². The number of nitrogens with one attached hydrogen (secondary N) is 1. The molecule has 5 nitrogen and oxygen atoms in total. The molecule has 1 saturated heterocycles. The first kappa shape index (κ1) is 20.9. The van der Waals surface area contributed by atoms with Gasteiger partial charge >= 0.3 is 5.97 Å². The Bertz CT molecular complexity index is 579. The summed E-state index contributed by atoms with van der Waals surface area (Å²) in [4.78, 5) is 12.9. The highest BCUT2D eigenvalue weighted by Crippen LogP contribution is 2.37. The van der Waals surface area contributed by atoms with Crippen LogP contribution in [0.15, 0.2) is 30.3 Å². The van der Waals surface area contributed by atoms with Gasteiger partial charge in [-0.1, -0.05) is 30.3 Å². The first-order valence-corrected chi connectivity index (χ1v) is 9.25. The molecule has 0 aromatic heterocycles. The smallest absolute Gasteiger partial charge is 0.311 e. The van der Waals surface area contributed by atoms with E-state index in [1.165, 1.54) is 0 Å². The van der Waals surface area contributed by atoms with Crippen LogP contribution in [-0.4, -0.2) is 43.5 Å². The van der Waals surface area contributed by atoms with E-state index in [1.54, 1.807) is 7.11 Å². The summed E-state index contributed by atoms with van der Waals surface area (Å²) in [5.41, 5.74) is 0.226. The van der Waals surface area contributed by atoms with Crippen molar-refractivity contribution in [3.8, 4) is 0 Å². The van der Waals surface area contributed by atoms with Gasteiger partial charge in [0.05, 0.1) is 25.7 Å². The monoisotopic (exact) mass is 363 g/mol. The fraction of sp³-hybridized carbons (Fsp3) is 0.667. The van der Waals surface area contributed by atoms with Crippen LogP contribution in [-0.2, 0) is 25.6 Å². The van der Waals surface area contributed by atoms with Crippen LogP contribution in [0, 0.1) is 11.8 Å². The number of carbonyl (C=O) groups excluding carboxylic acids is 1. The Balaban J connectivity index is 2.11. The van der Waals surface area contributed by atoms with Crippen LogP contribution >= 0.6 is 0 Å². The second kappa shape index (κ2) is 8.51. The van der Waals surface area contributed by atoms with Gasteiger partial charge in [-0.2, -0.15) is 0 Å². The molecule has 0 amide bonds. The molecule has 1 aliphatic heterocycles. The van der Waals surface area contributed by atoms with Crippen molar-refractivity contribution in [3.63, 3.8) is 0 Å². The largest absolute Gasteiger partial charge is 0.460 e. The summed E-state index contributed by atoms with van der Waals surface area (Å²) in [7, 11) is 1.68. The fourth-order valence-electron chi connectivity index (χ4n) is 3.72. The van der Waals surface area contributed by atoms with Crippen LogP contribution < -0.4 is 5.32 Å². The van der Waals surface area contributed by atoms with Crippen molar-refractivity contribution in [1.29, 1.82) is 0 Å². The predicted molar refractivity (Wildman–Crippen MR) is 102 cm³/mol. The third-order valence-electron chi connectivity index (χ3n) is 4.71. The van der Waals surface area contributed by atoms with Crippen molar-refractivity contribution < 1.29 is 19.0 Å². The Morgan fingerprint density at radius 1 is 1.15 bits per heavy atom. The van der Waals surface area contributed by atoms with Crippen molar-refractivity contribution >= 4 is 5.97 Å². The van der Waals surface area contributed by atoms with Gasteiger partial charge in [0.2, 0.25) is 0 Å². The maximum atomic E-state index is 12.9. The minimum absolute atomic E-state index is 0.0106. The Labute approximate surface area is 157 Å². The van der Waals surface area contributed by atoms with Crippen molar-refractivity contribution in [2.45, 2.75) is 58.4 Å². The average Bonchev–Trinajstić information content (AvgIpc) is 2.77. The molecule has 1 fully saturated rings. The fourth-order valence-corrected chi connectivity index (χ4v) is 3.72. The standard InChI is InChI=1S/C21H33NO4/c1-20(2,3)26-19(23)18-16(17(14-24-6)22-21(18,4)5)13-25-12-15-10-8-7-9-11-15/h7-11,16-18,22H,12-14H2,1-6H3/t16-,17+,18?/m0/s1. The number of benzene rings is 1. The van der Waals surface area contributed by atoms with Gasteiger partial charge in [0, 0.05) is 24.6 Å². The van der Waals surface area contributed by atoms with Crippen molar-refractivity contribution in [2.24, 2.45) is 11.8 Å². The lowest BCUT2D eigenvalue weighted by atomic mass is 9.81. The zero-order chi connectivity index (χ0) is 19.4. The summed E-state index contributed by atoms with van der Waals surface area (Å²) >= 11 is 0. The van der Waals surface area contributed by atoms with E-state index in [0.29, 0.717) is 19.8 Å². The molecule has 3 atom stereocenters. The summed E-state index contributed by atoms with van der Waals surface area (Å²) in [6, 6.07) is 10.1. The number of hydrogen-bond donors (Lipinski definition) is 1. The maximum absolute atomic E-state index is 12.9. The highest BCUT2D eigenvalue weighted by Gasteiger charge is 2.52. The molecule has 146 valence electrons. The molecule has 26 heavy (non-hydrogen) atoms. The van der Waals surface area contributed by atoms with E-state index in [9.17, 15) is 4.79 Å². The molecule has 1 heterocycles. The van der Waals surface area contributed by atoms with Crippen LogP contribution in [0.1, 0.15) is 40.2 Å². The van der Waals surface area contributed by atoms with Gasteiger partial charge in [-0.25, -0.2) is 0 Å². The van der Waals surface area contributed by atoms with Crippen LogP contribution in [0.4, 0.5) is 0 Å². The van der Waals surface area contributed by atoms with Gasteiger partial charge in [0.15, 0.2) is 0 Å². The second-order valence-electron chi connectivity index (χ2n) is 8.60. The van der Waals surface area contributed by atoms with Crippen molar-refractivity contribution in [3.05, 3.63) is 35.9 Å². The lowest BCUT2D eigenvalue weighted by Crippen LogP contribution is -2.45. The van der Waals surface area contributed by atoms with E-state index >= 15 is 0 Å². The second-order valence-corrected chi connectivity index (χ2v) is 8.60. The van der Waals surface area contributed by atoms with E-state index in [2.05, 4.69) is 5.32 Å². The van der Waals surface area contributed by atoms with Gasteiger partial charge in [-0.05, 0) is 40.2 Å². The summed E-state index contributed by atoms with van der Waals surface area (Å²) in [5, 5.41) is 3.54. The number of rotatable bonds is 7. The van der Waals surface area contributed by atoms with Gasteiger partial charge in [0.25, 0.3) is 0 Å². The van der Waals surface area contributed by atoms with E-state index in [1.807, 2.05) is 65.0 Å². The quantitative estimate of drug-likeness (QED) is 0.754. The summed E-state index contributed by atoms with van der Waals surface area (Å²) in [6.45, 7) is 11.3. The van der Waals surface area contributed by atoms with Crippen LogP contribution in [0.3, 0.4) is 0 Å². The Morgan fingerprint density at radius 3 is 2.38 bits per heavy atom. The van der Waals surface area contributed by atoms with Crippen LogP contribution in [0.2, 0.25) is 0 Å². The Kier molecular flexibility index (Phi) is 6.83. The van der Waals surface area contributed by atoms with E-state index in [0.717, 1.165) is 5.56 Å². The topological polar surface area (TPSA) is 56.8 Å². The van der Waals surface area contributed by atoms with Gasteiger partial charge in [0.1, 0.15) is 5.60 Å². The molecule has 1 N–H and O–H groups in total.